The molecule has 0 aromatic heterocycles. The van der Waals surface area contributed by atoms with E-state index in [2.05, 4.69) is 30.8 Å². The summed E-state index contributed by atoms with van der Waals surface area (Å²) in [4.78, 5) is 0. The van der Waals surface area contributed by atoms with Crippen LogP contribution in [0, 0.1) is 0 Å². The van der Waals surface area contributed by atoms with Gasteiger partial charge in [-0.3, -0.25) is 0 Å². The molecule has 0 aromatic rings. The average Bonchev–Trinajstić information content (AvgIpc) is 2.24. The normalized spacial score (nSPS) is 22.9. The molecule has 1 atom stereocenters. The molecule has 5 nitrogen and oxygen atoms in total. The van der Waals surface area contributed by atoms with E-state index in [-0.39, 0.29) is 17.6 Å². The molecule has 1 heterocycles. The van der Waals surface area contributed by atoms with Gasteiger partial charge in [0.1, 0.15) is 0 Å². The van der Waals surface area contributed by atoms with Crippen LogP contribution in [-0.2, 0) is 10.2 Å². The Balaban J connectivity index is 2.72. The maximum atomic E-state index is 12.3. The van der Waals surface area contributed by atoms with Crippen molar-refractivity contribution in [1.29, 1.82) is 0 Å². The fraction of sp³-hybridized carbons (Fsp3) is 1.00. The van der Waals surface area contributed by atoms with Crippen LogP contribution >= 0.6 is 0 Å². The van der Waals surface area contributed by atoms with Crippen molar-refractivity contribution in [2.75, 3.05) is 13.1 Å². The van der Waals surface area contributed by atoms with Gasteiger partial charge in [0.15, 0.2) is 0 Å². The number of rotatable bonds is 5. The summed E-state index contributed by atoms with van der Waals surface area (Å²) in [5.41, 5.74) is 0.0123. The van der Waals surface area contributed by atoms with Crippen molar-refractivity contribution in [2.45, 2.75) is 71.5 Å². The van der Waals surface area contributed by atoms with Crippen molar-refractivity contribution >= 4 is 10.2 Å². The Bertz CT molecular complexity index is 374. The van der Waals surface area contributed by atoms with Gasteiger partial charge >= 0.3 is 0 Å². The first-order valence-electron chi connectivity index (χ1n) is 7.16. The van der Waals surface area contributed by atoms with E-state index in [1.807, 2.05) is 13.8 Å². The monoisotopic (exact) mass is 291 g/mol. The molecule has 0 spiro atoms. The molecule has 1 aliphatic rings. The Kier molecular flexibility index (Phi) is 5.79. The summed E-state index contributed by atoms with van der Waals surface area (Å²) >= 11 is 0. The topological polar surface area (TPSA) is 61.4 Å². The smallest absolute Gasteiger partial charge is 0.279 e. The molecule has 2 N–H and O–H groups in total. The number of nitrogens with zero attached hydrogens (tertiary/aromatic N) is 1. The van der Waals surface area contributed by atoms with Crippen molar-refractivity contribution < 1.29 is 8.42 Å². The Labute approximate surface area is 118 Å². The zero-order valence-electron chi connectivity index (χ0n) is 12.9. The number of hydrogen-bond donors (Lipinski definition) is 2. The summed E-state index contributed by atoms with van der Waals surface area (Å²) in [6.07, 6.45) is 2.98. The van der Waals surface area contributed by atoms with Crippen molar-refractivity contribution in [3.63, 3.8) is 0 Å². The molecule has 0 radical (unpaired) electrons. The van der Waals surface area contributed by atoms with Crippen LogP contribution in [-0.4, -0.2) is 43.4 Å². The van der Waals surface area contributed by atoms with E-state index in [0.29, 0.717) is 13.1 Å². The van der Waals surface area contributed by atoms with Crippen molar-refractivity contribution in [3.8, 4) is 0 Å². The molecule has 6 heteroatoms. The quantitative estimate of drug-likeness (QED) is 0.806. The van der Waals surface area contributed by atoms with Gasteiger partial charge in [0.25, 0.3) is 10.2 Å². The van der Waals surface area contributed by atoms with Gasteiger partial charge < -0.3 is 5.32 Å². The third-order valence-corrected chi connectivity index (χ3v) is 5.00. The first kappa shape index (κ1) is 16.9. The SMILES string of the molecule is CC(C)NS(=O)(=O)N1CCCCC1CNC(C)(C)C. The summed E-state index contributed by atoms with van der Waals surface area (Å²) in [6.45, 7) is 11.3. The van der Waals surface area contributed by atoms with Crippen LogP contribution in [0.25, 0.3) is 0 Å². The molecule has 19 heavy (non-hydrogen) atoms. The zero-order valence-corrected chi connectivity index (χ0v) is 13.7. The highest BCUT2D eigenvalue weighted by Crippen LogP contribution is 2.20. The second kappa shape index (κ2) is 6.52. The fourth-order valence-electron chi connectivity index (χ4n) is 2.28. The van der Waals surface area contributed by atoms with E-state index in [1.54, 1.807) is 4.31 Å². The fourth-order valence-corrected chi connectivity index (χ4v) is 3.96. The molecule has 1 rings (SSSR count). The van der Waals surface area contributed by atoms with Crippen LogP contribution in [0.4, 0.5) is 0 Å². The average molecular weight is 291 g/mol. The van der Waals surface area contributed by atoms with Crippen molar-refractivity contribution in [3.05, 3.63) is 0 Å². The molecule has 1 fully saturated rings. The van der Waals surface area contributed by atoms with Crippen LogP contribution in [0.15, 0.2) is 0 Å². The van der Waals surface area contributed by atoms with Gasteiger partial charge in [-0.05, 0) is 47.5 Å². The van der Waals surface area contributed by atoms with Gasteiger partial charge in [-0.25, -0.2) is 0 Å². The van der Waals surface area contributed by atoms with Crippen LogP contribution in [0.1, 0.15) is 53.9 Å². The second-order valence-corrected chi connectivity index (χ2v) is 8.32. The molecule has 0 amide bonds. The van der Waals surface area contributed by atoms with Crippen LogP contribution in [0.2, 0.25) is 0 Å². The number of hydrogen-bond acceptors (Lipinski definition) is 3. The van der Waals surface area contributed by atoms with E-state index >= 15 is 0 Å². The maximum absolute atomic E-state index is 12.3. The lowest BCUT2D eigenvalue weighted by molar-refractivity contribution is 0.227. The largest absolute Gasteiger partial charge is 0.310 e. The molecule has 0 aliphatic carbocycles. The minimum absolute atomic E-state index is 0.0123. The van der Waals surface area contributed by atoms with E-state index < -0.39 is 10.2 Å². The summed E-state index contributed by atoms with van der Waals surface area (Å²) in [7, 11) is -3.36. The van der Waals surface area contributed by atoms with Crippen LogP contribution < -0.4 is 10.0 Å². The molecule has 1 aliphatic heterocycles. The van der Waals surface area contributed by atoms with Gasteiger partial charge in [-0.1, -0.05) is 6.42 Å². The zero-order chi connectivity index (χ0) is 14.7. The Hall–Kier alpha value is -0.170. The van der Waals surface area contributed by atoms with Gasteiger partial charge in [0.2, 0.25) is 0 Å². The first-order valence-corrected chi connectivity index (χ1v) is 8.60. The van der Waals surface area contributed by atoms with E-state index in [9.17, 15) is 8.42 Å². The lowest BCUT2D eigenvalue weighted by Crippen LogP contribution is -2.55. The Morgan fingerprint density at radius 2 is 1.89 bits per heavy atom. The second-order valence-electron chi connectivity index (χ2n) is 6.67. The first-order chi connectivity index (χ1) is 8.62. The van der Waals surface area contributed by atoms with Gasteiger partial charge in [-0.15, -0.1) is 0 Å². The minimum Gasteiger partial charge on any atom is -0.310 e. The predicted molar refractivity (Wildman–Crippen MR) is 79.3 cm³/mol. The summed E-state index contributed by atoms with van der Waals surface area (Å²) in [5.74, 6) is 0. The summed E-state index contributed by atoms with van der Waals surface area (Å²) < 4.78 is 29.0. The summed E-state index contributed by atoms with van der Waals surface area (Å²) in [6, 6.07) is -0.00706. The third kappa shape index (κ3) is 5.77. The molecule has 0 bridgehead atoms. The predicted octanol–water partition coefficient (Wildman–Crippen LogP) is 1.47. The molecule has 0 saturated carbocycles. The molecule has 114 valence electrons. The standard InChI is InChI=1S/C13H29N3O2S/c1-11(2)15-19(17,18)16-9-7-6-8-12(16)10-14-13(3,4)5/h11-12,14-15H,6-10H2,1-5H3. The molecule has 1 saturated heterocycles. The molecule has 0 aromatic carbocycles. The van der Waals surface area contributed by atoms with Crippen molar-refractivity contribution in [2.24, 2.45) is 0 Å². The minimum atomic E-state index is -3.36. The van der Waals surface area contributed by atoms with Crippen LogP contribution in [0.3, 0.4) is 0 Å². The summed E-state index contributed by atoms with van der Waals surface area (Å²) in [5, 5.41) is 3.41. The highest BCUT2D eigenvalue weighted by molar-refractivity contribution is 7.87. The van der Waals surface area contributed by atoms with Gasteiger partial charge in [0.05, 0.1) is 0 Å². The Morgan fingerprint density at radius 3 is 2.42 bits per heavy atom. The van der Waals surface area contributed by atoms with Gasteiger partial charge in [0, 0.05) is 30.7 Å². The van der Waals surface area contributed by atoms with E-state index in [4.69, 9.17) is 0 Å². The van der Waals surface area contributed by atoms with Crippen molar-refractivity contribution in [1.82, 2.24) is 14.3 Å². The van der Waals surface area contributed by atoms with E-state index in [1.165, 1.54) is 0 Å². The Morgan fingerprint density at radius 1 is 1.26 bits per heavy atom. The molecular formula is C13H29N3O2S. The molecular weight excluding hydrogens is 262 g/mol. The molecule has 1 unspecified atom stereocenters. The van der Waals surface area contributed by atoms with Gasteiger partial charge in [-0.2, -0.15) is 17.4 Å². The lowest BCUT2D eigenvalue weighted by Gasteiger charge is -2.36. The highest BCUT2D eigenvalue weighted by atomic mass is 32.2. The lowest BCUT2D eigenvalue weighted by atomic mass is 10.0. The van der Waals surface area contributed by atoms with Crippen LogP contribution in [0.5, 0.6) is 0 Å². The maximum Gasteiger partial charge on any atom is 0.279 e. The number of piperidine rings is 1. The van der Waals surface area contributed by atoms with E-state index in [0.717, 1.165) is 19.3 Å². The highest BCUT2D eigenvalue weighted by Gasteiger charge is 2.32. The number of nitrogens with one attached hydrogen (secondary N) is 2. The third-order valence-electron chi connectivity index (χ3n) is 3.13.